The fourth-order valence-electron chi connectivity index (χ4n) is 6.10. The minimum Gasteiger partial charge on any atom is -0.342 e. The fourth-order valence-corrected chi connectivity index (χ4v) is 6.10. The van der Waals surface area contributed by atoms with Gasteiger partial charge in [0.1, 0.15) is 0 Å². The first-order valence-electron chi connectivity index (χ1n) is 14.1. The molecule has 0 aromatic heterocycles. The zero-order chi connectivity index (χ0) is 24.6. The summed E-state index contributed by atoms with van der Waals surface area (Å²) in [5, 5.41) is 0. The summed E-state index contributed by atoms with van der Waals surface area (Å²) in [4.78, 5) is 22.7. The van der Waals surface area contributed by atoms with E-state index in [9.17, 15) is 4.79 Å². The van der Waals surface area contributed by atoms with E-state index in [1.165, 1.54) is 36.1 Å². The molecule has 2 aliphatic heterocycles. The molecular formula is C30H46N4O. The Morgan fingerprint density at radius 1 is 1.17 bits per heavy atom. The third kappa shape index (κ3) is 7.04. The minimum absolute atomic E-state index is 0.297. The maximum absolute atomic E-state index is 13.5. The zero-order valence-electron chi connectivity index (χ0n) is 22.1. The number of fused-ring (bicyclic) bond motifs is 1. The van der Waals surface area contributed by atoms with Crippen LogP contribution in [0.25, 0.3) is 0 Å². The molecule has 5 heteroatoms. The van der Waals surface area contributed by atoms with Crippen molar-refractivity contribution in [3.05, 3.63) is 46.7 Å². The summed E-state index contributed by atoms with van der Waals surface area (Å²) in [6.45, 7) is 8.30. The summed E-state index contributed by atoms with van der Waals surface area (Å²) in [7, 11) is 0. The molecule has 1 aromatic carbocycles. The Balaban J connectivity index is 1.43. The molecule has 1 aromatic rings. The van der Waals surface area contributed by atoms with Crippen LogP contribution in [0.5, 0.6) is 0 Å². The van der Waals surface area contributed by atoms with Gasteiger partial charge in [0.2, 0.25) is 5.91 Å². The standard InChI is InChI=1S/C30H46N4O/c1-3-4-15-33(16-6-5-14-31)30(35)22-34-21-27(26-11-10-24-8-7-9-25(24)18-26)19-29(34)13-12-28-17-23(2)20-32-28/h10-11,18,20,27,29H,3-9,12-17,19,21-22,31H2,1-2H3. The minimum atomic E-state index is 0.297. The van der Waals surface area contributed by atoms with Crippen molar-refractivity contribution < 1.29 is 4.79 Å². The van der Waals surface area contributed by atoms with Crippen LogP contribution in [0.1, 0.15) is 94.2 Å². The largest absolute Gasteiger partial charge is 0.342 e. The van der Waals surface area contributed by atoms with E-state index in [-0.39, 0.29) is 0 Å². The molecule has 2 N–H and O–H groups in total. The normalized spacial score (nSPS) is 21.8. The molecular weight excluding hydrogens is 432 g/mol. The molecule has 1 saturated heterocycles. The highest BCUT2D eigenvalue weighted by Gasteiger charge is 2.35. The summed E-state index contributed by atoms with van der Waals surface area (Å²) in [5.41, 5.74) is 13.0. The van der Waals surface area contributed by atoms with E-state index in [2.05, 4.69) is 46.8 Å². The van der Waals surface area contributed by atoms with Gasteiger partial charge in [0.15, 0.2) is 0 Å². The van der Waals surface area contributed by atoms with E-state index in [0.29, 0.717) is 31.0 Å². The van der Waals surface area contributed by atoms with Crippen LogP contribution < -0.4 is 5.73 Å². The number of benzene rings is 1. The molecule has 0 radical (unpaired) electrons. The summed E-state index contributed by atoms with van der Waals surface area (Å²) in [6, 6.07) is 7.65. The lowest BCUT2D eigenvalue weighted by molar-refractivity contribution is -0.132. The Kier molecular flexibility index (Phi) is 9.56. The second-order valence-corrected chi connectivity index (χ2v) is 11.0. The average Bonchev–Trinajstić information content (AvgIpc) is 3.59. The van der Waals surface area contributed by atoms with Crippen LogP contribution in [0.4, 0.5) is 0 Å². The van der Waals surface area contributed by atoms with Gasteiger partial charge in [-0.2, -0.15) is 0 Å². The van der Waals surface area contributed by atoms with Crippen LogP contribution in [0.3, 0.4) is 0 Å². The maximum Gasteiger partial charge on any atom is 0.236 e. The number of aliphatic imine (C=N–C) groups is 1. The van der Waals surface area contributed by atoms with E-state index in [1.807, 2.05) is 6.20 Å². The number of nitrogens with two attached hydrogens (primary N) is 1. The lowest BCUT2D eigenvalue weighted by atomic mass is 9.92. The van der Waals surface area contributed by atoms with Crippen molar-refractivity contribution in [3.8, 4) is 0 Å². The van der Waals surface area contributed by atoms with E-state index >= 15 is 0 Å². The number of carbonyl (C=O) groups excluding carboxylic acids is 1. The van der Waals surface area contributed by atoms with E-state index in [0.717, 1.165) is 71.0 Å². The van der Waals surface area contributed by atoms with Crippen molar-refractivity contribution in [2.75, 3.05) is 32.7 Å². The number of allylic oxidation sites excluding steroid dienone is 1. The van der Waals surface area contributed by atoms with Gasteiger partial charge < -0.3 is 10.6 Å². The van der Waals surface area contributed by atoms with Gasteiger partial charge in [0.25, 0.3) is 0 Å². The van der Waals surface area contributed by atoms with Crippen LogP contribution in [-0.4, -0.2) is 60.2 Å². The summed E-state index contributed by atoms with van der Waals surface area (Å²) in [5.74, 6) is 0.816. The number of unbranched alkanes of at least 4 members (excludes halogenated alkanes) is 2. The first kappa shape index (κ1) is 26.1. The van der Waals surface area contributed by atoms with Gasteiger partial charge in [-0.3, -0.25) is 14.7 Å². The molecule has 1 aliphatic carbocycles. The Bertz CT molecular complexity index is 921. The van der Waals surface area contributed by atoms with Gasteiger partial charge >= 0.3 is 0 Å². The highest BCUT2D eigenvalue weighted by Crippen LogP contribution is 2.36. The van der Waals surface area contributed by atoms with Gasteiger partial charge in [0, 0.05) is 44.0 Å². The summed E-state index contributed by atoms with van der Waals surface area (Å²) < 4.78 is 0. The Morgan fingerprint density at radius 2 is 2.00 bits per heavy atom. The fraction of sp³-hybridized carbons (Fsp3) is 0.667. The number of rotatable bonds is 13. The van der Waals surface area contributed by atoms with Crippen molar-refractivity contribution in [2.45, 2.75) is 96.4 Å². The van der Waals surface area contributed by atoms with Crippen LogP contribution >= 0.6 is 0 Å². The van der Waals surface area contributed by atoms with E-state index < -0.39 is 0 Å². The summed E-state index contributed by atoms with van der Waals surface area (Å²) in [6.07, 6.45) is 14.2. The number of likely N-dealkylation sites (tertiary alicyclic amines) is 1. The molecule has 1 fully saturated rings. The Hall–Kier alpha value is -1.98. The van der Waals surface area contributed by atoms with Crippen LogP contribution in [0.15, 0.2) is 35.0 Å². The molecule has 35 heavy (non-hydrogen) atoms. The highest BCUT2D eigenvalue weighted by atomic mass is 16.2. The van der Waals surface area contributed by atoms with Gasteiger partial charge in [-0.1, -0.05) is 31.5 Å². The highest BCUT2D eigenvalue weighted by molar-refractivity contribution is 5.89. The second-order valence-electron chi connectivity index (χ2n) is 11.0. The van der Waals surface area contributed by atoms with Gasteiger partial charge in [-0.25, -0.2) is 0 Å². The predicted molar refractivity (Wildman–Crippen MR) is 146 cm³/mol. The molecule has 0 bridgehead atoms. The van der Waals surface area contributed by atoms with Crippen molar-refractivity contribution in [2.24, 2.45) is 10.7 Å². The van der Waals surface area contributed by atoms with Crippen molar-refractivity contribution in [1.29, 1.82) is 0 Å². The number of hydrogen-bond donors (Lipinski definition) is 1. The maximum atomic E-state index is 13.5. The molecule has 2 heterocycles. The number of hydrogen-bond acceptors (Lipinski definition) is 4. The number of carbonyl (C=O) groups is 1. The molecule has 2 unspecified atom stereocenters. The smallest absolute Gasteiger partial charge is 0.236 e. The second kappa shape index (κ2) is 12.8. The third-order valence-corrected chi connectivity index (χ3v) is 8.19. The molecule has 3 aliphatic rings. The topological polar surface area (TPSA) is 61.9 Å². The molecule has 4 rings (SSSR count). The van der Waals surface area contributed by atoms with Crippen molar-refractivity contribution in [3.63, 3.8) is 0 Å². The van der Waals surface area contributed by atoms with Crippen molar-refractivity contribution >= 4 is 11.6 Å². The lowest BCUT2D eigenvalue weighted by Crippen LogP contribution is -2.43. The molecule has 0 spiro atoms. The summed E-state index contributed by atoms with van der Waals surface area (Å²) >= 11 is 0. The number of amides is 1. The van der Waals surface area contributed by atoms with Crippen LogP contribution in [-0.2, 0) is 17.6 Å². The third-order valence-electron chi connectivity index (χ3n) is 8.19. The molecule has 1 amide bonds. The molecule has 2 atom stereocenters. The van der Waals surface area contributed by atoms with Gasteiger partial charge in [-0.05, 0) is 99.4 Å². The quantitative estimate of drug-likeness (QED) is 0.395. The Morgan fingerprint density at radius 3 is 2.77 bits per heavy atom. The number of aryl methyl sites for hydroxylation is 2. The first-order valence-corrected chi connectivity index (χ1v) is 14.1. The first-order chi connectivity index (χ1) is 17.1. The molecule has 0 saturated carbocycles. The monoisotopic (exact) mass is 478 g/mol. The van der Waals surface area contributed by atoms with Crippen LogP contribution in [0.2, 0.25) is 0 Å². The Labute approximate surface area is 212 Å². The van der Waals surface area contributed by atoms with E-state index in [1.54, 1.807) is 11.1 Å². The van der Waals surface area contributed by atoms with Crippen LogP contribution in [0, 0.1) is 0 Å². The zero-order valence-corrected chi connectivity index (χ0v) is 22.1. The average molecular weight is 479 g/mol. The van der Waals surface area contributed by atoms with Crippen molar-refractivity contribution in [1.82, 2.24) is 9.80 Å². The molecule has 192 valence electrons. The number of nitrogens with zero attached hydrogens (tertiary/aromatic N) is 3. The van der Waals surface area contributed by atoms with Gasteiger partial charge in [0.05, 0.1) is 6.54 Å². The SMILES string of the molecule is CCCCN(CCCCN)C(=O)CN1CC(c2ccc3c(c2)CCC3)CC1CCC1=NC=C(C)C1. The lowest BCUT2D eigenvalue weighted by Gasteiger charge is -2.29. The van der Waals surface area contributed by atoms with Gasteiger partial charge in [-0.15, -0.1) is 0 Å². The van der Waals surface area contributed by atoms with E-state index in [4.69, 9.17) is 5.73 Å². The predicted octanol–water partition coefficient (Wildman–Crippen LogP) is 5.23. The molecule has 5 nitrogen and oxygen atoms in total.